The van der Waals surface area contributed by atoms with Crippen molar-refractivity contribution in [3.05, 3.63) is 29.8 Å². The van der Waals surface area contributed by atoms with Gasteiger partial charge in [0, 0.05) is 12.7 Å². The van der Waals surface area contributed by atoms with Gasteiger partial charge in [0.1, 0.15) is 5.82 Å². The molecular formula is C14H21FN2. The van der Waals surface area contributed by atoms with Crippen molar-refractivity contribution in [2.45, 2.75) is 39.2 Å². The van der Waals surface area contributed by atoms with Crippen LogP contribution in [0.1, 0.15) is 38.2 Å². The molecule has 2 nitrogen and oxygen atoms in total. The van der Waals surface area contributed by atoms with E-state index in [1.807, 2.05) is 0 Å². The highest BCUT2D eigenvalue weighted by atomic mass is 19.1. The van der Waals surface area contributed by atoms with Gasteiger partial charge in [-0.3, -0.25) is 4.98 Å². The molecule has 0 radical (unpaired) electrons. The normalized spacial score (nSPS) is 24.8. The van der Waals surface area contributed by atoms with E-state index in [1.54, 1.807) is 12.3 Å². The number of hydrogen-bond donors (Lipinski definition) is 1. The van der Waals surface area contributed by atoms with E-state index in [4.69, 9.17) is 0 Å². The summed E-state index contributed by atoms with van der Waals surface area (Å²) in [6.45, 7) is 4.10. The summed E-state index contributed by atoms with van der Waals surface area (Å²) in [5.74, 6) is 1.45. The third-order valence-corrected chi connectivity index (χ3v) is 3.66. The van der Waals surface area contributed by atoms with Gasteiger partial charge in [0.2, 0.25) is 0 Å². The quantitative estimate of drug-likeness (QED) is 0.868. The summed E-state index contributed by atoms with van der Waals surface area (Å²) in [6, 6.07) is 1.54. The molecule has 0 bridgehead atoms. The molecule has 1 aromatic rings. The van der Waals surface area contributed by atoms with Crippen molar-refractivity contribution >= 4 is 0 Å². The van der Waals surface area contributed by atoms with E-state index in [1.165, 1.54) is 31.9 Å². The van der Waals surface area contributed by atoms with Crippen molar-refractivity contribution in [1.82, 2.24) is 10.3 Å². The van der Waals surface area contributed by atoms with E-state index in [9.17, 15) is 4.39 Å². The van der Waals surface area contributed by atoms with Crippen molar-refractivity contribution in [2.75, 3.05) is 6.54 Å². The van der Waals surface area contributed by atoms with Crippen LogP contribution in [0.2, 0.25) is 0 Å². The fourth-order valence-corrected chi connectivity index (χ4v) is 2.51. The van der Waals surface area contributed by atoms with E-state index >= 15 is 0 Å². The summed E-state index contributed by atoms with van der Waals surface area (Å²) in [4.78, 5) is 3.84. The first-order valence-electron chi connectivity index (χ1n) is 6.54. The van der Waals surface area contributed by atoms with Gasteiger partial charge in [0.05, 0.1) is 6.20 Å². The van der Waals surface area contributed by atoms with Crippen LogP contribution in [-0.4, -0.2) is 11.5 Å². The molecule has 1 heterocycles. The third kappa shape index (κ3) is 4.08. The smallest absolute Gasteiger partial charge is 0.141 e. The highest BCUT2D eigenvalue weighted by Gasteiger charge is 2.17. The lowest BCUT2D eigenvalue weighted by Crippen LogP contribution is -2.25. The van der Waals surface area contributed by atoms with Crippen LogP contribution < -0.4 is 5.32 Å². The van der Waals surface area contributed by atoms with Crippen molar-refractivity contribution in [3.63, 3.8) is 0 Å². The molecule has 0 aliphatic heterocycles. The maximum atomic E-state index is 12.9. The second kappa shape index (κ2) is 6.10. The molecule has 1 N–H and O–H groups in total. The molecule has 94 valence electrons. The minimum atomic E-state index is -0.254. The second-order valence-corrected chi connectivity index (χ2v) is 5.27. The zero-order chi connectivity index (χ0) is 12.1. The van der Waals surface area contributed by atoms with Gasteiger partial charge in [0.25, 0.3) is 0 Å². The Bertz CT molecular complexity index is 346. The predicted octanol–water partition coefficient (Wildman–Crippen LogP) is 3.14. The van der Waals surface area contributed by atoms with Crippen LogP contribution in [0.15, 0.2) is 18.5 Å². The zero-order valence-corrected chi connectivity index (χ0v) is 10.5. The van der Waals surface area contributed by atoms with Crippen LogP contribution in [0.25, 0.3) is 0 Å². The number of pyridine rings is 1. The lowest BCUT2D eigenvalue weighted by molar-refractivity contribution is 0.281. The molecule has 1 saturated carbocycles. The fraction of sp³-hybridized carbons (Fsp3) is 0.643. The minimum absolute atomic E-state index is 0.254. The minimum Gasteiger partial charge on any atom is -0.312 e. The first-order valence-corrected chi connectivity index (χ1v) is 6.54. The molecule has 17 heavy (non-hydrogen) atoms. The monoisotopic (exact) mass is 236 g/mol. The fourth-order valence-electron chi connectivity index (χ4n) is 2.51. The largest absolute Gasteiger partial charge is 0.312 e. The van der Waals surface area contributed by atoms with E-state index < -0.39 is 0 Å². The third-order valence-electron chi connectivity index (χ3n) is 3.66. The number of aromatic nitrogens is 1. The molecule has 0 saturated heterocycles. The Morgan fingerprint density at radius 3 is 2.76 bits per heavy atom. The molecule has 1 aliphatic carbocycles. The van der Waals surface area contributed by atoms with E-state index in [0.29, 0.717) is 0 Å². The maximum Gasteiger partial charge on any atom is 0.141 e. The molecule has 0 atom stereocenters. The van der Waals surface area contributed by atoms with Crippen molar-refractivity contribution < 1.29 is 4.39 Å². The van der Waals surface area contributed by atoms with Gasteiger partial charge in [-0.25, -0.2) is 4.39 Å². The van der Waals surface area contributed by atoms with Gasteiger partial charge in [-0.05, 0) is 42.9 Å². The zero-order valence-electron chi connectivity index (χ0n) is 10.5. The lowest BCUT2D eigenvalue weighted by Gasteiger charge is -2.26. The first-order chi connectivity index (χ1) is 8.24. The van der Waals surface area contributed by atoms with Gasteiger partial charge >= 0.3 is 0 Å². The lowest BCUT2D eigenvalue weighted by atomic mass is 9.83. The van der Waals surface area contributed by atoms with Crippen LogP contribution >= 0.6 is 0 Å². The van der Waals surface area contributed by atoms with Gasteiger partial charge in [0.15, 0.2) is 0 Å². The Hall–Kier alpha value is -0.960. The molecule has 0 amide bonds. The molecule has 1 aromatic heterocycles. The molecular weight excluding hydrogens is 215 g/mol. The summed E-state index contributed by atoms with van der Waals surface area (Å²) < 4.78 is 12.9. The summed E-state index contributed by atoms with van der Waals surface area (Å²) in [6.07, 6.45) is 8.33. The van der Waals surface area contributed by atoms with Crippen LogP contribution in [0.3, 0.4) is 0 Å². The van der Waals surface area contributed by atoms with Gasteiger partial charge < -0.3 is 5.32 Å². The summed E-state index contributed by atoms with van der Waals surface area (Å²) in [5.41, 5.74) is 0.925. The molecule has 0 aromatic carbocycles. The average Bonchev–Trinajstić information content (AvgIpc) is 2.32. The molecule has 1 aliphatic rings. The SMILES string of the molecule is CC1CCC(CNCc2cncc(F)c2)CC1. The standard InChI is InChI=1S/C14H21FN2/c1-11-2-4-12(5-3-11)7-16-8-13-6-14(15)10-17-9-13/h6,9-12,16H,2-5,7-8H2,1H3. The van der Waals surface area contributed by atoms with Crippen LogP contribution in [0, 0.1) is 17.7 Å². The first kappa shape index (κ1) is 12.5. The Morgan fingerprint density at radius 1 is 1.29 bits per heavy atom. The van der Waals surface area contributed by atoms with Crippen LogP contribution in [0.5, 0.6) is 0 Å². The number of nitrogens with one attached hydrogen (secondary N) is 1. The number of rotatable bonds is 4. The Kier molecular flexibility index (Phi) is 4.49. The molecule has 3 heteroatoms. The van der Waals surface area contributed by atoms with Crippen molar-refractivity contribution in [3.8, 4) is 0 Å². The van der Waals surface area contributed by atoms with E-state index in [-0.39, 0.29) is 5.82 Å². The molecule has 0 unspecified atom stereocenters. The highest BCUT2D eigenvalue weighted by molar-refractivity contribution is 5.09. The van der Waals surface area contributed by atoms with E-state index in [0.717, 1.165) is 30.5 Å². The van der Waals surface area contributed by atoms with Crippen LogP contribution in [-0.2, 0) is 6.54 Å². The Morgan fingerprint density at radius 2 is 2.06 bits per heavy atom. The van der Waals surface area contributed by atoms with Crippen molar-refractivity contribution in [2.24, 2.45) is 11.8 Å². The number of halogens is 1. The Labute approximate surface area is 103 Å². The summed E-state index contributed by atoms with van der Waals surface area (Å²) in [5, 5.41) is 3.41. The summed E-state index contributed by atoms with van der Waals surface area (Å²) in [7, 11) is 0. The van der Waals surface area contributed by atoms with Gasteiger partial charge in [-0.2, -0.15) is 0 Å². The molecule has 2 rings (SSSR count). The van der Waals surface area contributed by atoms with Gasteiger partial charge in [-0.15, -0.1) is 0 Å². The molecule has 1 fully saturated rings. The van der Waals surface area contributed by atoms with Crippen LogP contribution in [0.4, 0.5) is 4.39 Å². The van der Waals surface area contributed by atoms with E-state index in [2.05, 4.69) is 17.2 Å². The summed E-state index contributed by atoms with van der Waals surface area (Å²) >= 11 is 0. The predicted molar refractivity (Wildman–Crippen MR) is 67.0 cm³/mol. The van der Waals surface area contributed by atoms with Gasteiger partial charge in [-0.1, -0.05) is 19.8 Å². The number of nitrogens with zero attached hydrogens (tertiary/aromatic N) is 1. The Balaban J connectivity index is 1.69. The second-order valence-electron chi connectivity index (χ2n) is 5.27. The van der Waals surface area contributed by atoms with Crippen molar-refractivity contribution in [1.29, 1.82) is 0 Å². The number of hydrogen-bond acceptors (Lipinski definition) is 2. The maximum absolute atomic E-state index is 12.9. The average molecular weight is 236 g/mol. The highest BCUT2D eigenvalue weighted by Crippen LogP contribution is 2.27. The topological polar surface area (TPSA) is 24.9 Å². The molecule has 0 spiro atoms.